The summed E-state index contributed by atoms with van der Waals surface area (Å²) < 4.78 is 13.9. The fourth-order valence-electron chi connectivity index (χ4n) is 2.62. The molecule has 0 bridgehead atoms. The van der Waals surface area contributed by atoms with Crippen LogP contribution in [-0.4, -0.2) is 5.11 Å². The van der Waals surface area contributed by atoms with Gasteiger partial charge >= 0.3 is 0 Å². The summed E-state index contributed by atoms with van der Waals surface area (Å²) in [7, 11) is 0. The van der Waals surface area contributed by atoms with Crippen LogP contribution in [0.5, 0.6) is 0 Å². The van der Waals surface area contributed by atoms with E-state index in [9.17, 15) is 9.50 Å². The zero-order valence-electron chi connectivity index (χ0n) is 9.83. The van der Waals surface area contributed by atoms with Crippen LogP contribution in [0.4, 0.5) is 4.39 Å². The van der Waals surface area contributed by atoms with Crippen molar-refractivity contribution in [2.75, 3.05) is 0 Å². The number of aliphatic hydroxyl groups is 1. The van der Waals surface area contributed by atoms with Crippen molar-refractivity contribution in [3.63, 3.8) is 0 Å². The molecule has 0 aromatic heterocycles. The van der Waals surface area contributed by atoms with Crippen molar-refractivity contribution in [2.24, 2.45) is 5.92 Å². The molecule has 1 N–H and O–H groups in total. The van der Waals surface area contributed by atoms with Gasteiger partial charge in [-0.1, -0.05) is 31.7 Å². The second-order valence-electron chi connectivity index (χ2n) is 4.86. The van der Waals surface area contributed by atoms with Gasteiger partial charge in [-0.15, -0.1) is 0 Å². The summed E-state index contributed by atoms with van der Waals surface area (Å²) in [4.78, 5) is 0. The van der Waals surface area contributed by atoms with Crippen LogP contribution >= 0.6 is 22.6 Å². The molecule has 1 aliphatic rings. The molecule has 1 aromatic rings. The van der Waals surface area contributed by atoms with E-state index in [1.807, 2.05) is 0 Å². The summed E-state index contributed by atoms with van der Waals surface area (Å²) in [5.74, 6) is 0.114. The third-order valence-electron chi connectivity index (χ3n) is 3.63. The number of rotatable bonds is 2. The van der Waals surface area contributed by atoms with Gasteiger partial charge in [0.2, 0.25) is 0 Å². The van der Waals surface area contributed by atoms with Crippen LogP contribution in [0.15, 0.2) is 18.2 Å². The number of halogens is 2. The zero-order chi connectivity index (χ0) is 12.3. The van der Waals surface area contributed by atoms with Crippen molar-refractivity contribution in [2.45, 2.75) is 44.6 Å². The Kier molecular flexibility index (Phi) is 4.79. The average molecular weight is 348 g/mol. The topological polar surface area (TPSA) is 20.2 Å². The molecule has 0 heterocycles. The maximum absolute atomic E-state index is 13.0. The van der Waals surface area contributed by atoms with Gasteiger partial charge in [-0.2, -0.15) is 0 Å². The second kappa shape index (κ2) is 6.14. The van der Waals surface area contributed by atoms with Gasteiger partial charge in [0.25, 0.3) is 0 Å². The number of aliphatic hydroxyl groups excluding tert-OH is 1. The third kappa shape index (κ3) is 3.41. The maximum Gasteiger partial charge on any atom is 0.124 e. The van der Waals surface area contributed by atoms with Gasteiger partial charge in [-0.3, -0.25) is 0 Å². The fraction of sp³-hybridized carbons (Fsp3) is 0.571. The van der Waals surface area contributed by atoms with Crippen LogP contribution < -0.4 is 0 Å². The first kappa shape index (κ1) is 13.3. The molecule has 94 valence electrons. The van der Waals surface area contributed by atoms with Gasteiger partial charge in [0, 0.05) is 3.57 Å². The Bertz CT molecular complexity index is 372. The van der Waals surface area contributed by atoms with Crippen molar-refractivity contribution in [1.82, 2.24) is 0 Å². The Morgan fingerprint density at radius 2 is 1.82 bits per heavy atom. The summed E-state index contributed by atoms with van der Waals surface area (Å²) in [5.41, 5.74) is 0.888. The van der Waals surface area contributed by atoms with E-state index in [0.29, 0.717) is 5.92 Å². The first-order valence-corrected chi connectivity index (χ1v) is 7.39. The largest absolute Gasteiger partial charge is 0.388 e. The molecule has 1 fully saturated rings. The summed E-state index contributed by atoms with van der Waals surface area (Å²) in [6, 6.07) is 4.67. The summed E-state index contributed by atoms with van der Waals surface area (Å²) >= 11 is 2.11. The normalized spacial score (nSPS) is 19.9. The molecule has 1 unspecified atom stereocenters. The van der Waals surface area contributed by atoms with Crippen LogP contribution in [0.3, 0.4) is 0 Å². The molecule has 2 rings (SSSR count). The maximum atomic E-state index is 13.0. The van der Waals surface area contributed by atoms with Gasteiger partial charge < -0.3 is 5.11 Å². The van der Waals surface area contributed by atoms with Crippen LogP contribution in [0, 0.1) is 15.3 Å². The van der Waals surface area contributed by atoms with Crippen LogP contribution in [0.25, 0.3) is 0 Å². The number of benzene rings is 1. The molecule has 0 radical (unpaired) electrons. The Labute approximate surface area is 116 Å². The van der Waals surface area contributed by atoms with E-state index in [1.54, 1.807) is 6.07 Å². The molecule has 1 aromatic carbocycles. The molecule has 0 amide bonds. The van der Waals surface area contributed by atoms with Crippen molar-refractivity contribution in [1.29, 1.82) is 0 Å². The van der Waals surface area contributed by atoms with Crippen molar-refractivity contribution in [3.8, 4) is 0 Å². The molecule has 1 saturated carbocycles. The van der Waals surface area contributed by atoms with E-state index in [4.69, 9.17) is 0 Å². The van der Waals surface area contributed by atoms with E-state index in [-0.39, 0.29) is 5.82 Å². The Morgan fingerprint density at radius 1 is 1.18 bits per heavy atom. The minimum absolute atomic E-state index is 0.230. The molecule has 3 heteroatoms. The molecular formula is C14H18FIO. The molecule has 1 nitrogen and oxygen atoms in total. The van der Waals surface area contributed by atoms with E-state index in [2.05, 4.69) is 22.6 Å². The molecular weight excluding hydrogens is 330 g/mol. The van der Waals surface area contributed by atoms with E-state index in [0.717, 1.165) is 22.0 Å². The number of hydrogen-bond acceptors (Lipinski definition) is 1. The van der Waals surface area contributed by atoms with E-state index in [1.165, 1.54) is 37.8 Å². The number of hydrogen-bond donors (Lipinski definition) is 1. The predicted octanol–water partition coefficient (Wildman–Crippen LogP) is 4.43. The van der Waals surface area contributed by atoms with Crippen LogP contribution in [0.2, 0.25) is 0 Å². The quantitative estimate of drug-likeness (QED) is 0.619. The standard InChI is InChI=1S/C14H18FIO/c15-11-7-8-12(13(16)9-11)14(17)10-5-3-1-2-4-6-10/h7-10,14,17H,1-6H2. The van der Waals surface area contributed by atoms with E-state index >= 15 is 0 Å². The molecule has 1 aliphatic carbocycles. The molecule has 0 aliphatic heterocycles. The lowest BCUT2D eigenvalue weighted by Gasteiger charge is -2.22. The molecule has 0 saturated heterocycles. The smallest absolute Gasteiger partial charge is 0.124 e. The first-order valence-electron chi connectivity index (χ1n) is 6.31. The van der Waals surface area contributed by atoms with Gasteiger partial charge in [0.1, 0.15) is 5.82 Å². The van der Waals surface area contributed by atoms with E-state index < -0.39 is 6.10 Å². The SMILES string of the molecule is OC(c1ccc(F)cc1I)C1CCCCCC1. The van der Waals surface area contributed by atoms with Gasteiger partial charge in [-0.05, 0) is 59.0 Å². The monoisotopic (exact) mass is 348 g/mol. The lowest BCUT2D eigenvalue weighted by Crippen LogP contribution is -2.13. The highest BCUT2D eigenvalue weighted by Crippen LogP contribution is 2.35. The molecule has 1 atom stereocenters. The summed E-state index contributed by atoms with van der Waals surface area (Å²) in [6.45, 7) is 0. The van der Waals surface area contributed by atoms with Gasteiger partial charge in [-0.25, -0.2) is 4.39 Å². The summed E-state index contributed by atoms with van der Waals surface area (Å²) in [5, 5.41) is 10.4. The highest BCUT2D eigenvalue weighted by Gasteiger charge is 2.23. The van der Waals surface area contributed by atoms with Crippen LogP contribution in [0.1, 0.15) is 50.2 Å². The van der Waals surface area contributed by atoms with Gasteiger partial charge in [0.05, 0.1) is 6.10 Å². The Hall–Kier alpha value is -0.160. The predicted molar refractivity (Wildman–Crippen MR) is 75.3 cm³/mol. The zero-order valence-corrected chi connectivity index (χ0v) is 12.0. The average Bonchev–Trinajstić information content (AvgIpc) is 2.56. The Morgan fingerprint density at radius 3 is 2.41 bits per heavy atom. The lowest BCUT2D eigenvalue weighted by molar-refractivity contribution is 0.0980. The van der Waals surface area contributed by atoms with Crippen molar-refractivity contribution >= 4 is 22.6 Å². The highest BCUT2D eigenvalue weighted by molar-refractivity contribution is 14.1. The minimum Gasteiger partial charge on any atom is -0.388 e. The minimum atomic E-state index is -0.430. The lowest BCUT2D eigenvalue weighted by atomic mass is 9.89. The first-order chi connectivity index (χ1) is 8.18. The highest BCUT2D eigenvalue weighted by atomic mass is 127. The Balaban J connectivity index is 2.14. The van der Waals surface area contributed by atoms with Crippen molar-refractivity contribution < 1.29 is 9.50 Å². The van der Waals surface area contributed by atoms with Crippen LogP contribution in [-0.2, 0) is 0 Å². The third-order valence-corrected chi connectivity index (χ3v) is 4.56. The molecule has 17 heavy (non-hydrogen) atoms. The van der Waals surface area contributed by atoms with Crippen molar-refractivity contribution in [3.05, 3.63) is 33.1 Å². The molecule has 0 spiro atoms. The summed E-state index contributed by atoms with van der Waals surface area (Å²) in [6.07, 6.45) is 6.73. The second-order valence-corrected chi connectivity index (χ2v) is 6.02. The van der Waals surface area contributed by atoms with Gasteiger partial charge in [0.15, 0.2) is 0 Å². The fourth-order valence-corrected chi connectivity index (χ4v) is 3.42.